The fourth-order valence-corrected chi connectivity index (χ4v) is 7.35. The molecule has 302 valence electrons. The molecule has 0 saturated carbocycles. The van der Waals surface area contributed by atoms with Gasteiger partial charge in [-0.3, -0.25) is 0 Å². The lowest BCUT2D eigenvalue weighted by Crippen LogP contribution is -2.07. The first-order valence-electron chi connectivity index (χ1n) is 20.7. The van der Waals surface area contributed by atoms with E-state index in [4.69, 9.17) is 18.8 Å². The molecule has 0 atom stereocenters. The number of anilines is 2. The second kappa shape index (κ2) is 17.7. The van der Waals surface area contributed by atoms with Gasteiger partial charge in [0.15, 0.2) is 11.5 Å². The van der Waals surface area contributed by atoms with Crippen LogP contribution in [0.4, 0.5) is 11.4 Å². The Bertz CT molecular complexity index is 2960. The molecule has 0 N–H and O–H groups in total. The van der Waals surface area contributed by atoms with Gasteiger partial charge in [-0.2, -0.15) is 0 Å². The molecular formula is C56H46N4O2. The van der Waals surface area contributed by atoms with Crippen molar-refractivity contribution in [3.8, 4) is 68.1 Å². The fourth-order valence-electron chi connectivity index (χ4n) is 7.35. The molecule has 0 amide bonds. The van der Waals surface area contributed by atoms with E-state index in [2.05, 4.69) is 168 Å². The maximum atomic E-state index is 6.60. The van der Waals surface area contributed by atoms with Crippen LogP contribution in [-0.4, -0.2) is 38.2 Å². The molecule has 9 rings (SSSR count). The number of benzene rings is 7. The molecule has 0 spiro atoms. The zero-order valence-electron chi connectivity index (χ0n) is 35.2. The van der Waals surface area contributed by atoms with Gasteiger partial charge in [0.25, 0.3) is 0 Å². The number of hydrogen-bond donors (Lipinski definition) is 0. The largest absolute Gasteiger partial charge is 0.435 e. The highest BCUT2D eigenvalue weighted by atomic mass is 16.4. The van der Waals surface area contributed by atoms with Gasteiger partial charge in [-0.05, 0) is 64.7 Å². The zero-order chi connectivity index (χ0) is 42.4. The Balaban J connectivity index is 0.912. The van der Waals surface area contributed by atoms with Crippen molar-refractivity contribution in [3.05, 3.63) is 204 Å². The van der Waals surface area contributed by atoms with E-state index in [1.54, 1.807) is 0 Å². The Kier molecular flexibility index (Phi) is 11.3. The molecule has 0 radical (unpaired) electrons. The first-order chi connectivity index (χ1) is 30.4. The summed E-state index contributed by atoms with van der Waals surface area (Å²) in [5.41, 5.74) is 14.0. The van der Waals surface area contributed by atoms with Crippen molar-refractivity contribution < 1.29 is 8.83 Å². The SMILES string of the molecule is CN(C)c1ccc(-c2nc(-c3ccc(/C=C/c4ccc(/C=C/c5ccccc5-c5nc(-c6ccc(N(C)C)cc6)c(-c6ccccc6)o5)cc4)cc3)oc2-c2ccccc2)cc1. The third-order valence-corrected chi connectivity index (χ3v) is 10.8. The van der Waals surface area contributed by atoms with Crippen molar-refractivity contribution in [3.63, 3.8) is 0 Å². The summed E-state index contributed by atoms with van der Waals surface area (Å²) in [6, 6.07) is 62.3. The van der Waals surface area contributed by atoms with Gasteiger partial charge in [0.2, 0.25) is 11.8 Å². The predicted molar refractivity (Wildman–Crippen MR) is 259 cm³/mol. The summed E-state index contributed by atoms with van der Waals surface area (Å²) < 4.78 is 13.1. The summed E-state index contributed by atoms with van der Waals surface area (Å²) in [4.78, 5) is 14.3. The Morgan fingerprint density at radius 1 is 0.355 bits per heavy atom. The van der Waals surface area contributed by atoms with Gasteiger partial charge >= 0.3 is 0 Å². The minimum absolute atomic E-state index is 0.581. The monoisotopic (exact) mass is 806 g/mol. The Labute approximate surface area is 363 Å². The number of rotatable bonds is 12. The van der Waals surface area contributed by atoms with E-state index < -0.39 is 0 Å². The summed E-state index contributed by atoms with van der Waals surface area (Å²) in [6.45, 7) is 0. The second-order valence-electron chi connectivity index (χ2n) is 15.6. The molecule has 0 fully saturated rings. The zero-order valence-corrected chi connectivity index (χ0v) is 35.2. The number of aromatic nitrogens is 2. The number of nitrogens with zero attached hydrogens (tertiary/aromatic N) is 4. The van der Waals surface area contributed by atoms with Crippen LogP contribution in [0.15, 0.2) is 191 Å². The molecular weight excluding hydrogens is 761 g/mol. The van der Waals surface area contributed by atoms with Crippen molar-refractivity contribution in [1.82, 2.24) is 9.97 Å². The fraction of sp³-hybridized carbons (Fsp3) is 0.0714. The molecule has 62 heavy (non-hydrogen) atoms. The normalized spacial score (nSPS) is 11.4. The van der Waals surface area contributed by atoms with Crippen LogP contribution in [0, 0.1) is 0 Å². The summed E-state index contributed by atoms with van der Waals surface area (Å²) >= 11 is 0. The van der Waals surface area contributed by atoms with Crippen molar-refractivity contribution in [2.24, 2.45) is 0 Å². The van der Waals surface area contributed by atoms with E-state index >= 15 is 0 Å². The van der Waals surface area contributed by atoms with Crippen LogP contribution >= 0.6 is 0 Å². The Morgan fingerprint density at radius 3 is 1.23 bits per heavy atom. The molecule has 9 aromatic rings. The van der Waals surface area contributed by atoms with Crippen LogP contribution in [0.3, 0.4) is 0 Å². The molecule has 2 heterocycles. The standard InChI is InChI=1S/C56H46N4O2/c1-59(2)48-35-31-43(32-36-48)51-53(45-14-7-5-8-15-45)61-55(57-51)47-29-26-41(27-30-47)24-21-39-19-22-40(23-20-39)25-28-42-13-11-12-18-50(42)56-58-52(44-33-37-49(38-34-44)60(3)4)54(62-56)46-16-9-6-10-17-46/h5-38H,1-4H3/b24-21+,28-25+. The summed E-state index contributed by atoms with van der Waals surface area (Å²) in [6.07, 6.45) is 8.51. The molecule has 0 aliphatic rings. The van der Waals surface area contributed by atoms with Gasteiger partial charge in [0.1, 0.15) is 11.4 Å². The lowest BCUT2D eigenvalue weighted by Gasteiger charge is -2.12. The quantitative estimate of drug-likeness (QED) is 0.115. The highest BCUT2D eigenvalue weighted by Gasteiger charge is 2.20. The summed E-state index contributed by atoms with van der Waals surface area (Å²) in [5, 5.41) is 0. The highest BCUT2D eigenvalue weighted by molar-refractivity contribution is 5.84. The van der Waals surface area contributed by atoms with Gasteiger partial charge in [-0.25, -0.2) is 9.97 Å². The lowest BCUT2D eigenvalue weighted by atomic mass is 10.0. The highest BCUT2D eigenvalue weighted by Crippen LogP contribution is 2.39. The average molecular weight is 807 g/mol. The predicted octanol–water partition coefficient (Wildman–Crippen LogP) is 14.1. The van der Waals surface area contributed by atoms with E-state index in [0.717, 1.165) is 89.9 Å². The van der Waals surface area contributed by atoms with Crippen molar-refractivity contribution >= 4 is 35.7 Å². The molecule has 0 aliphatic heterocycles. The summed E-state index contributed by atoms with van der Waals surface area (Å²) in [5.74, 6) is 2.68. The molecule has 6 nitrogen and oxygen atoms in total. The molecule has 7 aromatic carbocycles. The van der Waals surface area contributed by atoms with Crippen LogP contribution in [0.2, 0.25) is 0 Å². The van der Waals surface area contributed by atoms with Crippen molar-refractivity contribution in [2.45, 2.75) is 0 Å². The Morgan fingerprint density at radius 2 is 0.742 bits per heavy atom. The molecule has 6 heteroatoms. The van der Waals surface area contributed by atoms with Crippen LogP contribution in [0.5, 0.6) is 0 Å². The van der Waals surface area contributed by atoms with Gasteiger partial charge in [-0.15, -0.1) is 0 Å². The van der Waals surface area contributed by atoms with Crippen LogP contribution in [-0.2, 0) is 0 Å². The molecule has 0 bridgehead atoms. The third-order valence-electron chi connectivity index (χ3n) is 10.8. The molecule has 0 unspecified atom stereocenters. The smallest absolute Gasteiger partial charge is 0.227 e. The minimum Gasteiger partial charge on any atom is -0.435 e. The van der Waals surface area contributed by atoms with Gasteiger partial charge in [-0.1, -0.05) is 164 Å². The first kappa shape index (κ1) is 39.5. The van der Waals surface area contributed by atoms with Crippen LogP contribution < -0.4 is 9.80 Å². The summed E-state index contributed by atoms with van der Waals surface area (Å²) in [7, 11) is 8.16. The molecule has 2 aromatic heterocycles. The molecule has 0 aliphatic carbocycles. The minimum atomic E-state index is 0.581. The van der Waals surface area contributed by atoms with E-state index in [-0.39, 0.29) is 0 Å². The maximum absolute atomic E-state index is 6.60. The van der Waals surface area contributed by atoms with Crippen LogP contribution in [0.25, 0.3) is 92.4 Å². The lowest BCUT2D eigenvalue weighted by molar-refractivity contribution is 0.588. The van der Waals surface area contributed by atoms with Gasteiger partial charge in [0.05, 0.1) is 0 Å². The average Bonchev–Trinajstić information content (AvgIpc) is 3.98. The van der Waals surface area contributed by atoms with Gasteiger partial charge < -0.3 is 18.6 Å². The van der Waals surface area contributed by atoms with E-state index in [1.165, 1.54) is 0 Å². The van der Waals surface area contributed by atoms with E-state index in [9.17, 15) is 0 Å². The van der Waals surface area contributed by atoms with E-state index in [0.29, 0.717) is 11.8 Å². The number of oxazole rings is 2. The second-order valence-corrected chi connectivity index (χ2v) is 15.6. The topological polar surface area (TPSA) is 58.5 Å². The first-order valence-corrected chi connectivity index (χ1v) is 20.7. The van der Waals surface area contributed by atoms with E-state index in [1.807, 2.05) is 76.7 Å². The number of hydrogen-bond acceptors (Lipinski definition) is 6. The Hall–Kier alpha value is -7.96. The third kappa shape index (κ3) is 8.67. The molecule has 0 saturated heterocycles. The van der Waals surface area contributed by atoms with Gasteiger partial charge in [0, 0.05) is 72.9 Å². The van der Waals surface area contributed by atoms with Crippen molar-refractivity contribution in [1.29, 1.82) is 0 Å². The van der Waals surface area contributed by atoms with Crippen molar-refractivity contribution in [2.75, 3.05) is 38.0 Å². The van der Waals surface area contributed by atoms with Crippen LogP contribution in [0.1, 0.15) is 22.3 Å². The maximum Gasteiger partial charge on any atom is 0.227 e.